The molecule has 0 N–H and O–H groups in total. The summed E-state index contributed by atoms with van der Waals surface area (Å²) >= 11 is 3.46. The molecule has 5 heteroatoms. The number of hydrogen-bond acceptors (Lipinski definition) is 3. The van der Waals surface area contributed by atoms with Crippen molar-refractivity contribution in [2.45, 2.75) is 50.7 Å². The monoisotopic (exact) mass is 443 g/mol. The summed E-state index contributed by atoms with van der Waals surface area (Å²) in [7, 11) is 1.68. The molecule has 2 aromatic carbocycles. The number of halogens is 1. The van der Waals surface area contributed by atoms with Gasteiger partial charge in [0.1, 0.15) is 0 Å². The Hall–Kier alpha value is -2.01. The van der Waals surface area contributed by atoms with Gasteiger partial charge >= 0.3 is 0 Å². The van der Waals surface area contributed by atoms with Gasteiger partial charge in [0.2, 0.25) is 5.91 Å². The molecule has 1 saturated heterocycles. The molecule has 2 aliphatic rings. The molecule has 1 saturated carbocycles. The molecule has 4 nitrogen and oxygen atoms in total. The predicted molar refractivity (Wildman–Crippen MR) is 113 cm³/mol. The van der Waals surface area contributed by atoms with Crippen molar-refractivity contribution in [2.24, 2.45) is 0 Å². The molecule has 1 unspecified atom stereocenters. The van der Waals surface area contributed by atoms with Crippen LogP contribution in [0.2, 0.25) is 0 Å². The number of methoxy groups -OCH3 is 1. The second kappa shape index (κ2) is 8.56. The molecule has 1 aliphatic heterocycles. The highest BCUT2D eigenvalue weighted by Crippen LogP contribution is 2.37. The lowest BCUT2D eigenvalue weighted by Crippen LogP contribution is -2.24. The molecule has 148 valence electrons. The van der Waals surface area contributed by atoms with Gasteiger partial charge in [-0.15, -0.1) is 0 Å². The molecule has 1 amide bonds. The molecule has 0 aromatic heterocycles. The van der Waals surface area contributed by atoms with Gasteiger partial charge in [0, 0.05) is 29.9 Å². The minimum atomic E-state index is 0.194. The average molecular weight is 444 g/mol. The van der Waals surface area contributed by atoms with Crippen molar-refractivity contribution in [1.29, 1.82) is 0 Å². The third-order valence-corrected chi connectivity index (χ3v) is 6.28. The normalized spacial score (nSPS) is 20.0. The first-order valence-corrected chi connectivity index (χ1v) is 10.8. The van der Waals surface area contributed by atoms with Crippen LogP contribution in [0.3, 0.4) is 0 Å². The van der Waals surface area contributed by atoms with E-state index in [1.165, 1.54) is 12.8 Å². The maximum Gasteiger partial charge on any atom is 0.223 e. The smallest absolute Gasteiger partial charge is 0.223 e. The fourth-order valence-corrected chi connectivity index (χ4v) is 4.45. The Kier molecular flexibility index (Phi) is 5.90. The molecule has 1 atom stereocenters. The van der Waals surface area contributed by atoms with Crippen LogP contribution in [0.5, 0.6) is 11.5 Å². The second-order valence-electron chi connectivity index (χ2n) is 7.74. The molecule has 28 heavy (non-hydrogen) atoms. The van der Waals surface area contributed by atoms with Gasteiger partial charge in [-0.2, -0.15) is 0 Å². The van der Waals surface area contributed by atoms with Crippen molar-refractivity contribution >= 4 is 21.8 Å². The molecule has 0 radical (unpaired) electrons. The maximum absolute atomic E-state index is 12.6. The van der Waals surface area contributed by atoms with Crippen LogP contribution in [-0.2, 0) is 11.3 Å². The molecule has 2 fully saturated rings. The number of benzene rings is 2. The summed E-state index contributed by atoms with van der Waals surface area (Å²) in [5.41, 5.74) is 2.30. The van der Waals surface area contributed by atoms with Crippen LogP contribution < -0.4 is 9.47 Å². The predicted octanol–water partition coefficient (Wildman–Crippen LogP) is 5.30. The van der Waals surface area contributed by atoms with E-state index in [2.05, 4.69) is 40.2 Å². The van der Waals surface area contributed by atoms with E-state index in [4.69, 9.17) is 9.47 Å². The molecule has 1 aliphatic carbocycles. The molecule has 0 bridgehead atoms. The van der Waals surface area contributed by atoms with Gasteiger partial charge in [-0.05, 0) is 61.1 Å². The summed E-state index contributed by atoms with van der Waals surface area (Å²) in [5, 5.41) is 0. The van der Waals surface area contributed by atoms with Crippen molar-refractivity contribution < 1.29 is 14.3 Å². The van der Waals surface area contributed by atoms with Crippen LogP contribution in [0, 0.1) is 0 Å². The van der Waals surface area contributed by atoms with E-state index < -0.39 is 0 Å². The van der Waals surface area contributed by atoms with Gasteiger partial charge in [0.25, 0.3) is 0 Å². The van der Waals surface area contributed by atoms with E-state index in [9.17, 15) is 4.79 Å². The van der Waals surface area contributed by atoms with E-state index in [0.29, 0.717) is 13.0 Å². The molecule has 1 heterocycles. The third-order valence-electron chi connectivity index (χ3n) is 5.76. The average Bonchev–Trinajstić information content (AvgIpc) is 3.34. The summed E-state index contributed by atoms with van der Waals surface area (Å²) in [4.78, 5) is 14.5. The number of carbonyl (C=O) groups excluding carboxylic acids is 1. The quantitative estimate of drug-likeness (QED) is 0.608. The van der Waals surface area contributed by atoms with E-state index in [0.717, 1.165) is 46.5 Å². The molecular formula is C23H26BrNO3. The summed E-state index contributed by atoms with van der Waals surface area (Å²) in [6.07, 6.45) is 5.50. The SMILES string of the molecule is COc1ccc(C2CC(=O)N(Cc3ccc(Br)cc3)C2)cc1OC1CCCC1. The van der Waals surface area contributed by atoms with E-state index in [1.54, 1.807) is 7.11 Å². The minimum absolute atomic E-state index is 0.194. The third kappa shape index (κ3) is 4.35. The largest absolute Gasteiger partial charge is 0.493 e. The van der Waals surface area contributed by atoms with Crippen molar-refractivity contribution in [3.63, 3.8) is 0 Å². The fourth-order valence-electron chi connectivity index (χ4n) is 4.18. The standard InChI is InChI=1S/C23H26BrNO3/c1-27-21-11-8-17(12-22(21)28-20-4-2-3-5-20)18-13-23(26)25(15-18)14-16-6-9-19(24)10-7-16/h6-12,18,20H,2-5,13-15H2,1H3. The molecule has 0 spiro atoms. The fraction of sp³-hybridized carbons (Fsp3) is 0.435. The van der Waals surface area contributed by atoms with Gasteiger partial charge in [-0.1, -0.05) is 34.1 Å². The van der Waals surface area contributed by atoms with Crippen LogP contribution in [0.25, 0.3) is 0 Å². The van der Waals surface area contributed by atoms with Crippen LogP contribution in [0.4, 0.5) is 0 Å². The van der Waals surface area contributed by atoms with Gasteiger partial charge in [-0.3, -0.25) is 4.79 Å². The highest BCUT2D eigenvalue weighted by atomic mass is 79.9. The van der Waals surface area contributed by atoms with Gasteiger partial charge in [-0.25, -0.2) is 0 Å². The van der Waals surface area contributed by atoms with Gasteiger partial charge in [0.15, 0.2) is 11.5 Å². The molecule has 2 aromatic rings. The Labute approximate surface area is 175 Å². The van der Waals surface area contributed by atoms with Gasteiger partial charge < -0.3 is 14.4 Å². The van der Waals surface area contributed by atoms with E-state index in [1.807, 2.05) is 23.1 Å². The summed E-state index contributed by atoms with van der Waals surface area (Å²) in [6.45, 7) is 1.40. The topological polar surface area (TPSA) is 38.8 Å². The number of nitrogens with zero attached hydrogens (tertiary/aromatic N) is 1. The summed E-state index contributed by atoms with van der Waals surface area (Å²) < 4.78 is 12.8. The van der Waals surface area contributed by atoms with E-state index >= 15 is 0 Å². The zero-order chi connectivity index (χ0) is 19.5. The second-order valence-corrected chi connectivity index (χ2v) is 8.65. The molecular weight excluding hydrogens is 418 g/mol. The van der Waals surface area contributed by atoms with Crippen molar-refractivity contribution in [2.75, 3.05) is 13.7 Å². The lowest BCUT2D eigenvalue weighted by Gasteiger charge is -2.19. The first kappa shape index (κ1) is 19.3. The van der Waals surface area contributed by atoms with E-state index in [-0.39, 0.29) is 17.9 Å². The number of rotatable bonds is 6. The maximum atomic E-state index is 12.6. The van der Waals surface area contributed by atoms with Crippen LogP contribution >= 0.6 is 15.9 Å². The number of likely N-dealkylation sites (tertiary alicyclic amines) is 1. The van der Waals surface area contributed by atoms with Crippen LogP contribution in [-0.4, -0.2) is 30.6 Å². The number of hydrogen-bond donors (Lipinski definition) is 0. The number of ether oxygens (including phenoxy) is 2. The molecule has 4 rings (SSSR count). The summed E-state index contributed by atoms with van der Waals surface area (Å²) in [6, 6.07) is 14.3. The number of carbonyl (C=O) groups is 1. The Bertz CT molecular complexity index is 830. The first-order chi connectivity index (χ1) is 13.6. The highest BCUT2D eigenvalue weighted by Gasteiger charge is 2.31. The summed E-state index contributed by atoms with van der Waals surface area (Å²) in [5.74, 6) is 1.99. The van der Waals surface area contributed by atoms with Crippen molar-refractivity contribution in [3.05, 3.63) is 58.1 Å². The Morgan fingerprint density at radius 1 is 1.07 bits per heavy atom. The zero-order valence-electron chi connectivity index (χ0n) is 16.2. The number of amides is 1. The van der Waals surface area contributed by atoms with Crippen LogP contribution in [0.1, 0.15) is 49.1 Å². The Balaban J connectivity index is 1.47. The van der Waals surface area contributed by atoms with Crippen molar-refractivity contribution in [1.82, 2.24) is 4.90 Å². The first-order valence-electron chi connectivity index (χ1n) is 9.99. The highest BCUT2D eigenvalue weighted by molar-refractivity contribution is 9.10. The van der Waals surface area contributed by atoms with Crippen LogP contribution in [0.15, 0.2) is 46.9 Å². The lowest BCUT2D eigenvalue weighted by atomic mass is 9.98. The van der Waals surface area contributed by atoms with Gasteiger partial charge in [0.05, 0.1) is 13.2 Å². The van der Waals surface area contributed by atoms with Crippen molar-refractivity contribution in [3.8, 4) is 11.5 Å². The Morgan fingerprint density at radius 2 is 1.82 bits per heavy atom. The minimum Gasteiger partial charge on any atom is -0.493 e. The lowest BCUT2D eigenvalue weighted by molar-refractivity contribution is -0.128. The zero-order valence-corrected chi connectivity index (χ0v) is 17.8. The Morgan fingerprint density at radius 3 is 2.54 bits per heavy atom.